The monoisotopic (exact) mass is 172 g/mol. The van der Waals surface area contributed by atoms with Crippen LogP contribution in [0.5, 0.6) is 0 Å². The molecule has 0 rings (SSSR count). The molecule has 3 heteroatoms. The van der Waals surface area contributed by atoms with Crippen LogP contribution >= 0.6 is 0 Å². The number of carbonyl (C=O) groups excluding carboxylic acids is 1. The first kappa shape index (κ1) is 11.3. The molecule has 12 heavy (non-hydrogen) atoms. The summed E-state index contributed by atoms with van der Waals surface area (Å²) in [6.45, 7) is 5.13. The van der Waals surface area contributed by atoms with Crippen molar-refractivity contribution in [3.05, 3.63) is 0 Å². The molecule has 0 aromatic carbocycles. The zero-order valence-electron chi connectivity index (χ0n) is 8.79. The highest BCUT2D eigenvalue weighted by Gasteiger charge is 2.12. The summed E-state index contributed by atoms with van der Waals surface area (Å²) in [6.07, 6.45) is 1.12. The molecule has 72 valence electrons. The molecule has 3 nitrogen and oxygen atoms in total. The zero-order valence-corrected chi connectivity index (χ0v) is 8.79. The van der Waals surface area contributed by atoms with Crippen molar-refractivity contribution < 1.29 is 4.79 Å². The molecule has 0 fully saturated rings. The molecule has 0 aliphatic rings. The van der Waals surface area contributed by atoms with Crippen LogP contribution < -0.4 is 0 Å². The minimum absolute atomic E-state index is 0.0790. The molecule has 0 heterocycles. The number of hydrogen-bond donors (Lipinski definition) is 0. The van der Waals surface area contributed by atoms with Gasteiger partial charge in [-0.05, 0) is 5.92 Å². The Labute approximate surface area is 75.3 Å². The molecule has 0 radical (unpaired) electrons. The summed E-state index contributed by atoms with van der Waals surface area (Å²) in [5.74, 6) is 0.582. The normalized spacial score (nSPS) is 12.4. The van der Waals surface area contributed by atoms with Crippen molar-refractivity contribution in [2.24, 2.45) is 5.92 Å². The zero-order chi connectivity index (χ0) is 9.72. The van der Waals surface area contributed by atoms with E-state index < -0.39 is 0 Å². The highest BCUT2D eigenvalue weighted by molar-refractivity contribution is 5.73. The van der Waals surface area contributed by atoms with Crippen molar-refractivity contribution in [1.82, 2.24) is 9.80 Å². The van der Waals surface area contributed by atoms with Crippen molar-refractivity contribution >= 4 is 6.03 Å². The van der Waals surface area contributed by atoms with E-state index in [1.165, 1.54) is 0 Å². The van der Waals surface area contributed by atoms with Gasteiger partial charge in [0.1, 0.15) is 0 Å². The average Bonchev–Trinajstić information content (AvgIpc) is 2.02. The van der Waals surface area contributed by atoms with Crippen molar-refractivity contribution in [3.63, 3.8) is 0 Å². The molecule has 0 aromatic rings. The highest BCUT2D eigenvalue weighted by atomic mass is 16.2. The van der Waals surface area contributed by atoms with Gasteiger partial charge in [0.2, 0.25) is 0 Å². The number of urea groups is 1. The first-order valence-electron chi connectivity index (χ1n) is 4.41. The van der Waals surface area contributed by atoms with Gasteiger partial charge < -0.3 is 9.80 Å². The molecule has 0 aliphatic heterocycles. The van der Waals surface area contributed by atoms with E-state index >= 15 is 0 Å². The van der Waals surface area contributed by atoms with Gasteiger partial charge in [0.05, 0.1) is 0 Å². The summed E-state index contributed by atoms with van der Waals surface area (Å²) in [5.41, 5.74) is 0. The van der Waals surface area contributed by atoms with Crippen LogP contribution in [0.2, 0.25) is 0 Å². The molecule has 1 unspecified atom stereocenters. The van der Waals surface area contributed by atoms with E-state index in [-0.39, 0.29) is 6.03 Å². The van der Waals surface area contributed by atoms with Crippen molar-refractivity contribution in [2.75, 3.05) is 27.7 Å². The number of amides is 2. The van der Waals surface area contributed by atoms with Crippen LogP contribution in [0.3, 0.4) is 0 Å². The largest absolute Gasteiger partial charge is 0.331 e. The van der Waals surface area contributed by atoms with Crippen LogP contribution in [-0.4, -0.2) is 43.5 Å². The third-order valence-electron chi connectivity index (χ3n) is 1.99. The topological polar surface area (TPSA) is 23.6 Å². The summed E-state index contributed by atoms with van der Waals surface area (Å²) in [6, 6.07) is 0.0790. The smallest absolute Gasteiger partial charge is 0.319 e. The maximum atomic E-state index is 11.3. The Bertz CT molecular complexity index is 145. The van der Waals surface area contributed by atoms with E-state index in [2.05, 4.69) is 13.8 Å². The van der Waals surface area contributed by atoms with Crippen molar-refractivity contribution in [2.45, 2.75) is 20.3 Å². The van der Waals surface area contributed by atoms with Gasteiger partial charge in [0.25, 0.3) is 0 Å². The van der Waals surface area contributed by atoms with Crippen LogP contribution in [0.15, 0.2) is 0 Å². The maximum absolute atomic E-state index is 11.3. The fourth-order valence-corrected chi connectivity index (χ4v) is 1.02. The molecular formula is C9H20N2O. The minimum Gasteiger partial charge on any atom is -0.331 e. The van der Waals surface area contributed by atoms with Crippen LogP contribution in [-0.2, 0) is 0 Å². The van der Waals surface area contributed by atoms with E-state index in [4.69, 9.17) is 0 Å². The second-order valence-corrected chi connectivity index (χ2v) is 3.57. The van der Waals surface area contributed by atoms with E-state index in [1.807, 2.05) is 7.05 Å². The lowest BCUT2D eigenvalue weighted by molar-refractivity contribution is 0.175. The van der Waals surface area contributed by atoms with Gasteiger partial charge in [0, 0.05) is 27.7 Å². The lowest BCUT2D eigenvalue weighted by Gasteiger charge is -2.24. The molecule has 0 bridgehead atoms. The van der Waals surface area contributed by atoms with Crippen LogP contribution in [0, 0.1) is 5.92 Å². The summed E-state index contributed by atoms with van der Waals surface area (Å²) in [5, 5.41) is 0. The maximum Gasteiger partial charge on any atom is 0.319 e. The highest BCUT2D eigenvalue weighted by Crippen LogP contribution is 2.03. The number of rotatable bonds is 3. The van der Waals surface area contributed by atoms with E-state index in [1.54, 1.807) is 23.9 Å². The molecule has 0 N–H and O–H groups in total. The predicted molar refractivity (Wildman–Crippen MR) is 51.2 cm³/mol. The number of hydrogen-bond acceptors (Lipinski definition) is 1. The fourth-order valence-electron chi connectivity index (χ4n) is 1.02. The lowest BCUT2D eigenvalue weighted by Crippen LogP contribution is -2.38. The standard InChI is InChI=1S/C9H20N2O/c1-6-8(2)7-11(5)9(12)10(3)4/h8H,6-7H2,1-5H3. The van der Waals surface area contributed by atoms with Gasteiger partial charge >= 0.3 is 6.03 Å². The van der Waals surface area contributed by atoms with Crippen LogP contribution in [0.1, 0.15) is 20.3 Å². The first-order valence-corrected chi connectivity index (χ1v) is 4.41. The number of carbonyl (C=O) groups is 1. The molecule has 0 aromatic heterocycles. The Kier molecular flexibility index (Phi) is 4.71. The van der Waals surface area contributed by atoms with E-state index in [0.29, 0.717) is 5.92 Å². The Morgan fingerprint density at radius 2 is 1.83 bits per heavy atom. The molecule has 0 aliphatic carbocycles. The van der Waals surface area contributed by atoms with Crippen molar-refractivity contribution in [1.29, 1.82) is 0 Å². The second kappa shape index (κ2) is 5.01. The predicted octanol–water partition coefficient (Wildman–Crippen LogP) is 1.65. The average molecular weight is 172 g/mol. The molecule has 0 spiro atoms. The number of nitrogens with zero attached hydrogens (tertiary/aromatic N) is 2. The molecule has 0 saturated heterocycles. The summed E-state index contributed by atoms with van der Waals surface area (Å²) in [4.78, 5) is 14.7. The Hall–Kier alpha value is -0.730. The van der Waals surface area contributed by atoms with E-state index in [9.17, 15) is 4.79 Å². The Morgan fingerprint density at radius 1 is 1.33 bits per heavy atom. The second-order valence-electron chi connectivity index (χ2n) is 3.57. The Balaban J connectivity index is 3.86. The minimum atomic E-state index is 0.0790. The first-order chi connectivity index (χ1) is 5.49. The van der Waals surface area contributed by atoms with Gasteiger partial charge in [-0.15, -0.1) is 0 Å². The van der Waals surface area contributed by atoms with Crippen LogP contribution in [0.4, 0.5) is 4.79 Å². The van der Waals surface area contributed by atoms with Gasteiger partial charge in [0.15, 0.2) is 0 Å². The molecular weight excluding hydrogens is 152 g/mol. The van der Waals surface area contributed by atoms with Gasteiger partial charge in [-0.25, -0.2) is 4.79 Å². The quantitative estimate of drug-likeness (QED) is 0.635. The van der Waals surface area contributed by atoms with Gasteiger partial charge in [-0.1, -0.05) is 20.3 Å². The third kappa shape index (κ3) is 3.60. The van der Waals surface area contributed by atoms with Crippen LogP contribution in [0.25, 0.3) is 0 Å². The molecule has 0 saturated carbocycles. The van der Waals surface area contributed by atoms with Gasteiger partial charge in [-0.3, -0.25) is 0 Å². The summed E-state index contributed by atoms with van der Waals surface area (Å²) >= 11 is 0. The molecule has 2 amide bonds. The summed E-state index contributed by atoms with van der Waals surface area (Å²) in [7, 11) is 5.39. The summed E-state index contributed by atoms with van der Waals surface area (Å²) < 4.78 is 0. The lowest BCUT2D eigenvalue weighted by atomic mass is 10.1. The van der Waals surface area contributed by atoms with Crippen molar-refractivity contribution in [3.8, 4) is 0 Å². The fraction of sp³-hybridized carbons (Fsp3) is 0.889. The third-order valence-corrected chi connectivity index (χ3v) is 1.99. The van der Waals surface area contributed by atoms with E-state index in [0.717, 1.165) is 13.0 Å². The molecule has 1 atom stereocenters. The Morgan fingerprint density at radius 3 is 2.17 bits per heavy atom. The SMILES string of the molecule is CCC(C)CN(C)C(=O)N(C)C. The van der Waals surface area contributed by atoms with Gasteiger partial charge in [-0.2, -0.15) is 0 Å².